The first-order valence-corrected chi connectivity index (χ1v) is 12.1. The number of fused-ring (bicyclic) bond motifs is 1. The number of carbonyl (C=O) groups excluding carboxylic acids is 1. The van der Waals surface area contributed by atoms with Gasteiger partial charge in [-0.25, -0.2) is 4.39 Å². The van der Waals surface area contributed by atoms with Gasteiger partial charge in [0.15, 0.2) is 0 Å². The molecule has 0 bridgehead atoms. The highest BCUT2D eigenvalue weighted by Gasteiger charge is 2.31. The Morgan fingerprint density at radius 2 is 1.88 bits per heavy atom. The summed E-state index contributed by atoms with van der Waals surface area (Å²) in [6, 6.07) is 12.6. The predicted molar refractivity (Wildman–Crippen MR) is 133 cm³/mol. The van der Waals surface area contributed by atoms with Gasteiger partial charge in [-0.05, 0) is 85.3 Å². The molecule has 0 spiro atoms. The number of benzene rings is 2. The molecule has 2 aliphatic heterocycles. The number of piperidine rings is 1. The van der Waals surface area contributed by atoms with Crippen molar-refractivity contribution in [2.24, 2.45) is 0 Å². The predicted octanol–water partition coefficient (Wildman–Crippen LogP) is 4.38. The van der Waals surface area contributed by atoms with Gasteiger partial charge in [-0.3, -0.25) is 4.79 Å². The third kappa shape index (κ3) is 8.78. The number of rotatable bonds is 5. The van der Waals surface area contributed by atoms with E-state index in [-0.39, 0.29) is 11.2 Å². The van der Waals surface area contributed by atoms with Crippen LogP contribution in [0.25, 0.3) is 0 Å². The Morgan fingerprint density at radius 3 is 2.55 bits per heavy atom. The van der Waals surface area contributed by atoms with Gasteiger partial charge < -0.3 is 20.6 Å². The standard InChI is InChI=1S/C15H21FN2O.C9H11NO.C3H8/c1-15(13-3-2-4-14(16)11-13)5-8-18(9-6-15)10-7-17-12-19;11-9-2-1-7-3-4-10-6-8(7)5-9;1-3-2/h2-4,11-12H,5-10H2,1H3,(H,17,19);1-2,5,10-11H,3-4,6H2;3H2,1-2H3. The molecule has 4 rings (SSSR count). The molecule has 2 heterocycles. The van der Waals surface area contributed by atoms with E-state index in [4.69, 9.17) is 5.11 Å². The molecule has 1 fully saturated rings. The highest BCUT2D eigenvalue weighted by atomic mass is 19.1. The fraction of sp³-hybridized carbons (Fsp3) is 0.519. The lowest BCUT2D eigenvalue weighted by atomic mass is 9.74. The zero-order valence-electron chi connectivity index (χ0n) is 20.4. The van der Waals surface area contributed by atoms with Crippen LogP contribution in [0.4, 0.5) is 4.39 Å². The SMILES string of the molecule is CC1(c2cccc(F)c2)CCN(CCNC=O)CC1.CCC.Oc1ccc2c(c1)CNCC2. The van der Waals surface area contributed by atoms with E-state index in [0.29, 0.717) is 12.3 Å². The summed E-state index contributed by atoms with van der Waals surface area (Å²) in [5.41, 5.74) is 3.76. The van der Waals surface area contributed by atoms with Gasteiger partial charge in [0.2, 0.25) is 6.41 Å². The Balaban J connectivity index is 0.000000231. The van der Waals surface area contributed by atoms with Crippen LogP contribution >= 0.6 is 0 Å². The van der Waals surface area contributed by atoms with Crippen molar-refractivity contribution in [3.05, 3.63) is 65.0 Å². The zero-order chi connectivity index (χ0) is 24.1. The molecule has 2 aliphatic rings. The van der Waals surface area contributed by atoms with Crippen molar-refractivity contribution in [2.75, 3.05) is 32.7 Å². The van der Waals surface area contributed by atoms with E-state index in [9.17, 15) is 9.18 Å². The maximum absolute atomic E-state index is 13.3. The average molecular weight is 458 g/mol. The first-order valence-electron chi connectivity index (χ1n) is 12.1. The maximum Gasteiger partial charge on any atom is 0.207 e. The molecule has 33 heavy (non-hydrogen) atoms. The molecule has 182 valence electrons. The quantitative estimate of drug-likeness (QED) is 0.461. The highest BCUT2D eigenvalue weighted by Crippen LogP contribution is 2.35. The molecule has 1 amide bonds. The number of aromatic hydroxyl groups is 1. The number of nitrogens with one attached hydrogen (secondary N) is 2. The van der Waals surface area contributed by atoms with Crippen molar-refractivity contribution in [2.45, 2.75) is 58.4 Å². The van der Waals surface area contributed by atoms with Crippen LogP contribution in [0.3, 0.4) is 0 Å². The number of nitrogens with zero attached hydrogens (tertiary/aromatic N) is 1. The molecule has 1 saturated heterocycles. The van der Waals surface area contributed by atoms with Crippen LogP contribution in [0.1, 0.15) is 56.7 Å². The first kappa shape index (κ1) is 26.8. The van der Waals surface area contributed by atoms with Crippen molar-refractivity contribution in [3.8, 4) is 5.75 Å². The van der Waals surface area contributed by atoms with E-state index in [1.807, 2.05) is 18.2 Å². The van der Waals surface area contributed by atoms with Crippen LogP contribution in [0.15, 0.2) is 42.5 Å². The highest BCUT2D eigenvalue weighted by molar-refractivity contribution is 5.45. The van der Waals surface area contributed by atoms with Gasteiger partial charge in [0.05, 0.1) is 0 Å². The smallest absolute Gasteiger partial charge is 0.207 e. The molecule has 3 N–H and O–H groups in total. The molecule has 6 heteroatoms. The summed E-state index contributed by atoms with van der Waals surface area (Å²) in [6.45, 7) is 12.0. The molecule has 2 aromatic rings. The second-order valence-corrected chi connectivity index (χ2v) is 9.07. The molecule has 0 aliphatic carbocycles. The number of halogens is 1. The second kappa shape index (κ2) is 14.0. The summed E-state index contributed by atoms with van der Waals surface area (Å²) < 4.78 is 13.3. The van der Waals surface area contributed by atoms with Gasteiger partial charge in [-0.2, -0.15) is 0 Å². The lowest BCUT2D eigenvalue weighted by molar-refractivity contribution is -0.109. The van der Waals surface area contributed by atoms with E-state index in [2.05, 4.69) is 36.3 Å². The summed E-state index contributed by atoms with van der Waals surface area (Å²) in [5.74, 6) is 0.212. The molecule has 0 unspecified atom stereocenters. The van der Waals surface area contributed by atoms with Gasteiger partial charge in [-0.1, -0.05) is 45.4 Å². The van der Waals surface area contributed by atoms with Gasteiger partial charge in [0, 0.05) is 19.6 Å². The van der Waals surface area contributed by atoms with E-state index >= 15 is 0 Å². The van der Waals surface area contributed by atoms with Crippen LogP contribution < -0.4 is 10.6 Å². The third-order valence-electron chi connectivity index (χ3n) is 6.21. The van der Waals surface area contributed by atoms with Crippen molar-refractivity contribution in [3.63, 3.8) is 0 Å². The summed E-state index contributed by atoms with van der Waals surface area (Å²) in [5, 5.41) is 15.1. The number of phenols is 1. The Hall–Kier alpha value is -2.44. The van der Waals surface area contributed by atoms with Crippen molar-refractivity contribution >= 4 is 6.41 Å². The fourth-order valence-corrected chi connectivity index (χ4v) is 4.17. The summed E-state index contributed by atoms with van der Waals surface area (Å²) >= 11 is 0. The lowest BCUT2D eigenvalue weighted by Crippen LogP contribution is -2.43. The number of phenolic OH excluding ortho intramolecular Hbond substituents is 1. The normalized spacial score (nSPS) is 16.8. The minimum atomic E-state index is -0.156. The van der Waals surface area contributed by atoms with Crippen molar-refractivity contribution in [1.82, 2.24) is 15.5 Å². The zero-order valence-corrected chi connectivity index (χ0v) is 20.4. The Bertz CT molecular complexity index is 851. The van der Waals surface area contributed by atoms with Crippen LogP contribution in [0, 0.1) is 5.82 Å². The molecular formula is C27H40FN3O2. The summed E-state index contributed by atoms with van der Waals surface area (Å²) in [7, 11) is 0. The minimum Gasteiger partial charge on any atom is -0.508 e. The molecule has 0 aromatic heterocycles. The van der Waals surface area contributed by atoms with E-state index in [0.717, 1.165) is 64.0 Å². The van der Waals surface area contributed by atoms with Crippen molar-refractivity contribution < 1.29 is 14.3 Å². The third-order valence-corrected chi connectivity index (χ3v) is 6.21. The Kier molecular flexibility index (Phi) is 11.3. The largest absolute Gasteiger partial charge is 0.508 e. The number of hydrogen-bond donors (Lipinski definition) is 3. The van der Waals surface area contributed by atoms with Gasteiger partial charge in [0.25, 0.3) is 0 Å². The van der Waals surface area contributed by atoms with Gasteiger partial charge in [0.1, 0.15) is 11.6 Å². The van der Waals surface area contributed by atoms with Crippen LogP contribution in [-0.2, 0) is 23.2 Å². The number of carbonyl (C=O) groups is 1. The average Bonchev–Trinajstić information content (AvgIpc) is 2.81. The molecule has 0 saturated carbocycles. The number of likely N-dealkylation sites (tertiary alicyclic amines) is 1. The monoisotopic (exact) mass is 457 g/mol. The Morgan fingerprint density at radius 1 is 1.15 bits per heavy atom. The maximum atomic E-state index is 13.3. The van der Waals surface area contributed by atoms with Crippen molar-refractivity contribution in [1.29, 1.82) is 0 Å². The van der Waals surface area contributed by atoms with E-state index < -0.39 is 0 Å². The molecular weight excluding hydrogens is 417 g/mol. The Labute approximate surface area is 198 Å². The molecule has 2 aromatic carbocycles. The first-order chi connectivity index (χ1) is 15.9. The summed E-state index contributed by atoms with van der Waals surface area (Å²) in [6.07, 6.45) is 5.12. The van der Waals surface area contributed by atoms with Crippen LogP contribution in [0.2, 0.25) is 0 Å². The van der Waals surface area contributed by atoms with Crippen LogP contribution in [-0.4, -0.2) is 49.1 Å². The van der Waals surface area contributed by atoms with E-state index in [1.54, 1.807) is 18.2 Å². The lowest BCUT2D eigenvalue weighted by Gasteiger charge is -2.39. The minimum absolute atomic E-state index is 0.0662. The molecule has 5 nitrogen and oxygen atoms in total. The van der Waals surface area contributed by atoms with Gasteiger partial charge >= 0.3 is 0 Å². The number of amides is 1. The fourth-order valence-electron chi connectivity index (χ4n) is 4.17. The van der Waals surface area contributed by atoms with Crippen LogP contribution in [0.5, 0.6) is 5.75 Å². The van der Waals surface area contributed by atoms with Gasteiger partial charge in [-0.15, -0.1) is 0 Å². The molecule has 0 radical (unpaired) electrons. The van der Waals surface area contributed by atoms with E-state index in [1.165, 1.54) is 23.6 Å². The summed E-state index contributed by atoms with van der Waals surface area (Å²) in [4.78, 5) is 12.5. The second-order valence-electron chi connectivity index (χ2n) is 9.07. The number of hydrogen-bond acceptors (Lipinski definition) is 4. The molecule has 0 atom stereocenters. The topological polar surface area (TPSA) is 64.6 Å².